The molecule has 2 aromatic rings. The van der Waals surface area contributed by atoms with E-state index in [0.717, 1.165) is 11.1 Å². The fourth-order valence-electron chi connectivity index (χ4n) is 2.06. The number of halogens is 2. The molecule has 0 spiro atoms. The molecule has 0 fully saturated rings. The van der Waals surface area contributed by atoms with Gasteiger partial charge in [-0.25, -0.2) is 4.39 Å². The van der Waals surface area contributed by atoms with E-state index in [-0.39, 0.29) is 11.9 Å². The molecular formula is C17H19ClFNO. The minimum absolute atomic E-state index is 0.00125. The summed E-state index contributed by atoms with van der Waals surface area (Å²) in [5, 5.41) is 3.77. The third-order valence-corrected chi connectivity index (χ3v) is 3.90. The van der Waals surface area contributed by atoms with Gasteiger partial charge in [0.2, 0.25) is 0 Å². The lowest BCUT2D eigenvalue weighted by atomic mass is 10.0. The maximum Gasteiger partial charge on any atom is 0.126 e. The van der Waals surface area contributed by atoms with Crippen LogP contribution in [-0.4, -0.2) is 7.05 Å². The Bertz CT molecular complexity index is 630. The van der Waals surface area contributed by atoms with Crippen LogP contribution in [0, 0.1) is 12.7 Å². The van der Waals surface area contributed by atoms with Crippen molar-refractivity contribution < 1.29 is 9.13 Å². The fourth-order valence-corrected chi connectivity index (χ4v) is 2.25. The van der Waals surface area contributed by atoms with Crippen molar-refractivity contribution in [2.24, 2.45) is 0 Å². The van der Waals surface area contributed by atoms with E-state index in [9.17, 15) is 4.39 Å². The van der Waals surface area contributed by atoms with Crippen LogP contribution in [0.5, 0.6) is 5.75 Å². The van der Waals surface area contributed by atoms with Crippen LogP contribution in [0.15, 0.2) is 36.4 Å². The van der Waals surface area contributed by atoms with Gasteiger partial charge in [-0.05, 0) is 44.7 Å². The highest BCUT2D eigenvalue weighted by molar-refractivity contribution is 6.31. The Labute approximate surface area is 129 Å². The van der Waals surface area contributed by atoms with Gasteiger partial charge in [0.25, 0.3) is 0 Å². The highest BCUT2D eigenvalue weighted by Crippen LogP contribution is 2.29. The van der Waals surface area contributed by atoms with E-state index in [1.807, 2.05) is 38.2 Å². The molecular weight excluding hydrogens is 289 g/mol. The summed E-state index contributed by atoms with van der Waals surface area (Å²) in [6, 6.07) is 10.8. The quantitative estimate of drug-likeness (QED) is 0.868. The molecule has 112 valence electrons. The Morgan fingerprint density at radius 3 is 2.67 bits per heavy atom. The average Bonchev–Trinajstić information content (AvgIpc) is 2.48. The van der Waals surface area contributed by atoms with Crippen LogP contribution in [-0.2, 0) is 6.61 Å². The lowest BCUT2D eigenvalue weighted by molar-refractivity contribution is 0.299. The standard InChI is InChI=1S/C17H19ClFNO/c1-11-8-17(14(9-16(11)19)12(2)20-3)21-10-13-6-4-5-7-15(13)18/h4-9,12,20H,10H2,1-3H3. The molecule has 0 aliphatic heterocycles. The highest BCUT2D eigenvalue weighted by atomic mass is 35.5. The van der Waals surface area contributed by atoms with Gasteiger partial charge in [0, 0.05) is 22.2 Å². The summed E-state index contributed by atoms with van der Waals surface area (Å²) in [6.07, 6.45) is 0. The molecule has 0 saturated heterocycles. The molecule has 2 aromatic carbocycles. The zero-order chi connectivity index (χ0) is 15.4. The molecule has 2 nitrogen and oxygen atoms in total. The lowest BCUT2D eigenvalue weighted by Crippen LogP contribution is -2.14. The second-order valence-corrected chi connectivity index (χ2v) is 5.44. The number of aryl methyl sites for hydroxylation is 1. The van der Waals surface area contributed by atoms with Gasteiger partial charge in [-0.1, -0.05) is 29.8 Å². The van der Waals surface area contributed by atoms with Crippen molar-refractivity contribution >= 4 is 11.6 Å². The zero-order valence-corrected chi connectivity index (χ0v) is 13.2. The molecule has 1 N–H and O–H groups in total. The van der Waals surface area contributed by atoms with Crippen LogP contribution in [0.3, 0.4) is 0 Å². The summed E-state index contributed by atoms with van der Waals surface area (Å²) in [6.45, 7) is 4.05. The first-order valence-corrected chi connectivity index (χ1v) is 7.24. The Kier molecular flexibility index (Phi) is 5.21. The van der Waals surface area contributed by atoms with E-state index in [4.69, 9.17) is 16.3 Å². The molecule has 2 rings (SSSR count). The van der Waals surface area contributed by atoms with Crippen molar-refractivity contribution in [2.45, 2.75) is 26.5 Å². The van der Waals surface area contributed by atoms with Crippen molar-refractivity contribution in [1.82, 2.24) is 5.32 Å². The maximum atomic E-state index is 13.8. The van der Waals surface area contributed by atoms with Gasteiger partial charge in [0.1, 0.15) is 18.2 Å². The van der Waals surface area contributed by atoms with Crippen molar-refractivity contribution in [3.05, 3.63) is 63.9 Å². The highest BCUT2D eigenvalue weighted by Gasteiger charge is 2.14. The van der Waals surface area contributed by atoms with Crippen molar-refractivity contribution in [1.29, 1.82) is 0 Å². The molecule has 21 heavy (non-hydrogen) atoms. The zero-order valence-electron chi connectivity index (χ0n) is 12.4. The van der Waals surface area contributed by atoms with E-state index in [2.05, 4.69) is 5.32 Å². The van der Waals surface area contributed by atoms with Gasteiger partial charge in [-0.3, -0.25) is 0 Å². The summed E-state index contributed by atoms with van der Waals surface area (Å²) in [5.41, 5.74) is 2.27. The Morgan fingerprint density at radius 1 is 1.29 bits per heavy atom. The molecule has 0 aliphatic carbocycles. The molecule has 0 amide bonds. The first-order valence-electron chi connectivity index (χ1n) is 6.86. The second kappa shape index (κ2) is 6.92. The van der Waals surface area contributed by atoms with Gasteiger partial charge >= 0.3 is 0 Å². The van der Waals surface area contributed by atoms with E-state index >= 15 is 0 Å². The molecule has 4 heteroatoms. The van der Waals surface area contributed by atoms with E-state index in [1.54, 1.807) is 13.0 Å². The van der Waals surface area contributed by atoms with Crippen LogP contribution >= 0.6 is 11.6 Å². The SMILES string of the molecule is CNC(C)c1cc(F)c(C)cc1OCc1ccccc1Cl. The van der Waals surface area contributed by atoms with Gasteiger partial charge in [-0.2, -0.15) is 0 Å². The maximum absolute atomic E-state index is 13.8. The molecule has 0 radical (unpaired) electrons. The lowest BCUT2D eigenvalue weighted by Gasteiger charge is -2.18. The molecule has 0 aliphatic rings. The Balaban J connectivity index is 2.26. The first-order chi connectivity index (χ1) is 10.0. The number of hydrogen-bond acceptors (Lipinski definition) is 2. The monoisotopic (exact) mass is 307 g/mol. The van der Waals surface area contributed by atoms with Gasteiger partial charge in [0.05, 0.1) is 0 Å². The average molecular weight is 308 g/mol. The van der Waals surface area contributed by atoms with Crippen LogP contribution in [0.2, 0.25) is 5.02 Å². The van der Waals surface area contributed by atoms with E-state index in [1.165, 1.54) is 6.07 Å². The van der Waals surface area contributed by atoms with Crippen molar-refractivity contribution in [3.8, 4) is 5.75 Å². The summed E-state index contributed by atoms with van der Waals surface area (Å²) >= 11 is 6.12. The van der Waals surface area contributed by atoms with Crippen LogP contribution in [0.25, 0.3) is 0 Å². The largest absolute Gasteiger partial charge is 0.488 e. The fraction of sp³-hybridized carbons (Fsp3) is 0.294. The van der Waals surface area contributed by atoms with Crippen molar-refractivity contribution in [3.63, 3.8) is 0 Å². The van der Waals surface area contributed by atoms with Crippen LogP contribution in [0.4, 0.5) is 4.39 Å². The van der Waals surface area contributed by atoms with Crippen LogP contribution in [0.1, 0.15) is 29.7 Å². The molecule has 0 heterocycles. The summed E-state index contributed by atoms with van der Waals surface area (Å²) in [7, 11) is 1.83. The second-order valence-electron chi connectivity index (χ2n) is 5.03. The van der Waals surface area contributed by atoms with E-state index < -0.39 is 0 Å². The molecule has 1 atom stereocenters. The minimum Gasteiger partial charge on any atom is -0.488 e. The molecule has 1 unspecified atom stereocenters. The predicted octanol–water partition coefficient (Wildman–Crippen LogP) is 4.65. The number of hydrogen-bond donors (Lipinski definition) is 1. The summed E-state index contributed by atoms with van der Waals surface area (Å²) < 4.78 is 19.7. The van der Waals surface area contributed by atoms with Gasteiger partial charge < -0.3 is 10.1 Å². The van der Waals surface area contributed by atoms with E-state index in [0.29, 0.717) is 22.9 Å². The van der Waals surface area contributed by atoms with Gasteiger partial charge in [0.15, 0.2) is 0 Å². The Hall–Kier alpha value is -1.58. The third kappa shape index (κ3) is 3.74. The molecule has 0 saturated carbocycles. The Morgan fingerprint density at radius 2 is 2.00 bits per heavy atom. The van der Waals surface area contributed by atoms with Crippen LogP contribution < -0.4 is 10.1 Å². The first kappa shape index (κ1) is 15.8. The number of rotatable bonds is 5. The predicted molar refractivity (Wildman–Crippen MR) is 84.4 cm³/mol. The topological polar surface area (TPSA) is 21.3 Å². The molecule has 0 aromatic heterocycles. The third-order valence-electron chi connectivity index (χ3n) is 3.53. The summed E-state index contributed by atoms with van der Waals surface area (Å²) in [5.74, 6) is 0.452. The normalized spacial score (nSPS) is 12.2. The number of nitrogens with one attached hydrogen (secondary N) is 1. The van der Waals surface area contributed by atoms with Crippen molar-refractivity contribution in [2.75, 3.05) is 7.05 Å². The van der Waals surface area contributed by atoms with Gasteiger partial charge in [-0.15, -0.1) is 0 Å². The number of benzene rings is 2. The smallest absolute Gasteiger partial charge is 0.126 e. The summed E-state index contributed by atoms with van der Waals surface area (Å²) in [4.78, 5) is 0. The molecule has 0 bridgehead atoms. The minimum atomic E-state index is -0.225. The number of ether oxygens (including phenoxy) is 1.